The molecule has 1 unspecified atom stereocenters. The molecular weight excluding hydrogens is 238 g/mol. The third-order valence-electron chi connectivity index (χ3n) is 3.17. The van der Waals surface area contributed by atoms with Crippen LogP contribution in [-0.2, 0) is 0 Å². The molecule has 0 aliphatic rings. The molecule has 19 heavy (non-hydrogen) atoms. The summed E-state index contributed by atoms with van der Waals surface area (Å²) in [7, 11) is 0. The first-order valence-electron chi connectivity index (χ1n) is 6.85. The lowest BCUT2D eigenvalue weighted by atomic mass is 10.1. The third kappa shape index (κ3) is 4.55. The number of hydrogen-bond donors (Lipinski definition) is 2. The number of nitriles is 1. The predicted octanol–water partition coefficient (Wildman–Crippen LogP) is 2.07. The average molecular weight is 261 g/mol. The van der Waals surface area contributed by atoms with E-state index in [4.69, 9.17) is 10.4 Å². The van der Waals surface area contributed by atoms with Gasteiger partial charge in [0.2, 0.25) is 0 Å². The molecule has 0 saturated carbocycles. The van der Waals surface area contributed by atoms with Crippen molar-refractivity contribution in [2.45, 2.75) is 26.3 Å². The lowest BCUT2D eigenvalue weighted by Crippen LogP contribution is -2.23. The van der Waals surface area contributed by atoms with Gasteiger partial charge in [0.15, 0.2) is 0 Å². The third-order valence-corrected chi connectivity index (χ3v) is 3.17. The van der Waals surface area contributed by atoms with E-state index < -0.39 is 0 Å². The van der Waals surface area contributed by atoms with Crippen molar-refractivity contribution in [3.05, 3.63) is 29.8 Å². The van der Waals surface area contributed by atoms with Gasteiger partial charge in [0.05, 0.1) is 6.07 Å². The summed E-state index contributed by atoms with van der Waals surface area (Å²) in [6.07, 6.45) is 0.662. The van der Waals surface area contributed by atoms with E-state index in [0.29, 0.717) is 13.0 Å². The molecule has 1 aromatic carbocycles. The van der Waals surface area contributed by atoms with Gasteiger partial charge >= 0.3 is 0 Å². The molecule has 0 amide bonds. The number of nitrogens with zero attached hydrogens (tertiary/aromatic N) is 2. The van der Waals surface area contributed by atoms with Gasteiger partial charge in [-0.2, -0.15) is 5.26 Å². The van der Waals surface area contributed by atoms with Gasteiger partial charge in [-0.25, -0.2) is 0 Å². The Morgan fingerprint density at radius 2 is 1.89 bits per heavy atom. The molecule has 0 bridgehead atoms. The number of aliphatic hydroxyl groups is 1. The van der Waals surface area contributed by atoms with Crippen LogP contribution in [0.4, 0.5) is 5.69 Å². The number of nitrogens with one attached hydrogen (secondary N) is 1. The fourth-order valence-corrected chi connectivity index (χ4v) is 2.03. The van der Waals surface area contributed by atoms with Crippen molar-refractivity contribution < 1.29 is 5.11 Å². The minimum absolute atomic E-state index is 0.145. The fraction of sp³-hybridized carbons (Fsp3) is 0.533. The number of aliphatic hydroxyl groups excluding tert-OH is 1. The van der Waals surface area contributed by atoms with Gasteiger partial charge in [-0.3, -0.25) is 5.32 Å². The number of anilines is 1. The smallest absolute Gasteiger partial charge is 0.121 e. The molecule has 0 aliphatic carbocycles. The minimum Gasteiger partial charge on any atom is -0.396 e. The van der Waals surface area contributed by atoms with Crippen LogP contribution in [0, 0.1) is 11.3 Å². The summed E-state index contributed by atoms with van der Waals surface area (Å²) >= 11 is 0. The van der Waals surface area contributed by atoms with E-state index in [1.54, 1.807) is 0 Å². The zero-order valence-electron chi connectivity index (χ0n) is 11.8. The number of hydrogen-bond acceptors (Lipinski definition) is 4. The van der Waals surface area contributed by atoms with Crippen molar-refractivity contribution in [1.82, 2.24) is 5.32 Å². The van der Waals surface area contributed by atoms with Crippen LogP contribution in [0.2, 0.25) is 0 Å². The first-order valence-corrected chi connectivity index (χ1v) is 6.85. The lowest BCUT2D eigenvalue weighted by molar-refractivity contribution is 0.285. The Bertz CT molecular complexity index is 393. The van der Waals surface area contributed by atoms with E-state index in [1.165, 1.54) is 5.69 Å². The molecule has 0 aromatic heterocycles. The first-order chi connectivity index (χ1) is 9.26. The summed E-state index contributed by atoms with van der Waals surface area (Å²) in [5.74, 6) is 0. The molecule has 1 rings (SSSR count). The molecule has 4 nitrogen and oxygen atoms in total. The number of rotatable bonds is 8. The van der Waals surface area contributed by atoms with Crippen LogP contribution in [0.25, 0.3) is 0 Å². The highest BCUT2D eigenvalue weighted by Crippen LogP contribution is 2.19. The van der Waals surface area contributed by atoms with E-state index in [2.05, 4.69) is 42.3 Å². The average Bonchev–Trinajstić information content (AvgIpc) is 2.46. The quantitative estimate of drug-likeness (QED) is 0.703. The SMILES string of the molecule is CCN(CC)c1ccc(C(C#N)NCCCO)cc1. The topological polar surface area (TPSA) is 59.3 Å². The molecule has 0 spiro atoms. The lowest BCUT2D eigenvalue weighted by Gasteiger charge is -2.21. The molecule has 1 atom stereocenters. The predicted molar refractivity (Wildman–Crippen MR) is 78.1 cm³/mol. The maximum Gasteiger partial charge on any atom is 0.121 e. The molecule has 0 saturated heterocycles. The van der Waals surface area contributed by atoms with Crippen molar-refractivity contribution in [2.24, 2.45) is 0 Å². The molecule has 104 valence electrons. The highest BCUT2D eigenvalue weighted by molar-refractivity contribution is 5.48. The van der Waals surface area contributed by atoms with Gasteiger partial charge in [-0.1, -0.05) is 12.1 Å². The normalized spacial score (nSPS) is 11.9. The number of benzene rings is 1. The summed E-state index contributed by atoms with van der Waals surface area (Å²) in [6.45, 7) is 7.01. The zero-order chi connectivity index (χ0) is 14.1. The van der Waals surface area contributed by atoms with E-state index in [9.17, 15) is 0 Å². The molecule has 0 heterocycles. The van der Waals surface area contributed by atoms with Gasteiger partial charge < -0.3 is 10.0 Å². The Morgan fingerprint density at radius 3 is 2.37 bits per heavy atom. The monoisotopic (exact) mass is 261 g/mol. The van der Waals surface area contributed by atoms with Crippen LogP contribution in [0.3, 0.4) is 0 Å². The molecule has 0 aliphatic heterocycles. The fourth-order valence-electron chi connectivity index (χ4n) is 2.03. The maximum absolute atomic E-state index is 9.16. The van der Waals surface area contributed by atoms with Crippen LogP contribution in [-0.4, -0.2) is 31.3 Å². The van der Waals surface area contributed by atoms with Gasteiger partial charge in [-0.15, -0.1) is 0 Å². The Kier molecular flexibility index (Phi) is 6.94. The summed E-state index contributed by atoms with van der Waals surface area (Å²) in [6, 6.07) is 10.0. The second kappa shape index (κ2) is 8.52. The van der Waals surface area contributed by atoms with Crippen molar-refractivity contribution in [1.29, 1.82) is 5.26 Å². The van der Waals surface area contributed by atoms with E-state index >= 15 is 0 Å². The zero-order valence-corrected chi connectivity index (χ0v) is 11.8. The van der Waals surface area contributed by atoms with E-state index in [-0.39, 0.29) is 12.6 Å². The Labute approximate surface area is 115 Å². The van der Waals surface area contributed by atoms with Gasteiger partial charge in [0, 0.05) is 25.4 Å². The molecule has 0 radical (unpaired) electrons. The summed E-state index contributed by atoms with van der Waals surface area (Å²) in [4.78, 5) is 2.27. The van der Waals surface area contributed by atoms with Gasteiger partial charge in [0.25, 0.3) is 0 Å². The van der Waals surface area contributed by atoms with Crippen LogP contribution in [0.5, 0.6) is 0 Å². The molecular formula is C15H23N3O. The molecule has 2 N–H and O–H groups in total. The Morgan fingerprint density at radius 1 is 1.26 bits per heavy atom. The molecule has 1 aromatic rings. The maximum atomic E-state index is 9.16. The van der Waals surface area contributed by atoms with Gasteiger partial charge in [-0.05, 0) is 44.5 Å². The van der Waals surface area contributed by atoms with Crippen LogP contribution >= 0.6 is 0 Å². The van der Waals surface area contributed by atoms with Crippen LogP contribution in [0.15, 0.2) is 24.3 Å². The van der Waals surface area contributed by atoms with Crippen molar-refractivity contribution in [2.75, 3.05) is 31.1 Å². The van der Waals surface area contributed by atoms with E-state index in [0.717, 1.165) is 18.7 Å². The largest absolute Gasteiger partial charge is 0.396 e. The van der Waals surface area contributed by atoms with Crippen molar-refractivity contribution in [3.63, 3.8) is 0 Å². The second-order valence-electron chi connectivity index (χ2n) is 4.36. The minimum atomic E-state index is -0.308. The molecule has 4 heteroatoms. The van der Waals surface area contributed by atoms with Crippen LogP contribution < -0.4 is 10.2 Å². The first kappa shape index (κ1) is 15.5. The second-order valence-corrected chi connectivity index (χ2v) is 4.36. The van der Waals surface area contributed by atoms with Gasteiger partial charge in [0.1, 0.15) is 6.04 Å². The summed E-state index contributed by atoms with van der Waals surface area (Å²) < 4.78 is 0. The highest BCUT2D eigenvalue weighted by atomic mass is 16.3. The molecule has 0 fully saturated rings. The highest BCUT2D eigenvalue weighted by Gasteiger charge is 2.10. The summed E-state index contributed by atoms with van der Waals surface area (Å²) in [5.41, 5.74) is 2.15. The Hall–Kier alpha value is -1.57. The van der Waals surface area contributed by atoms with E-state index in [1.807, 2.05) is 12.1 Å². The van der Waals surface area contributed by atoms with Crippen molar-refractivity contribution >= 4 is 5.69 Å². The Balaban J connectivity index is 2.70. The van der Waals surface area contributed by atoms with Crippen molar-refractivity contribution in [3.8, 4) is 6.07 Å². The van der Waals surface area contributed by atoms with Crippen LogP contribution in [0.1, 0.15) is 31.9 Å². The summed E-state index contributed by atoms with van der Waals surface area (Å²) in [5, 5.41) is 21.0. The standard InChI is InChI=1S/C15H23N3O/c1-3-18(4-2)14-8-6-13(7-9-14)15(12-16)17-10-5-11-19/h6-9,15,17,19H,3-5,10-11H2,1-2H3.